The standard InChI is InChI=1S/C17H29NO4/c1-5-6-7-9-12-10-8-11-13(12)22-16(21)18-14(15(19)20)17(2,3)4/h5,12-14H,1,6-11H2,2-4H3,(H,18,21)(H,19,20)/t12-,13-,14-/m1/s1. The van der Waals surface area contributed by atoms with E-state index in [1.54, 1.807) is 20.8 Å². The smallest absolute Gasteiger partial charge is 0.408 e. The van der Waals surface area contributed by atoms with Gasteiger partial charge >= 0.3 is 12.1 Å². The minimum atomic E-state index is -1.04. The summed E-state index contributed by atoms with van der Waals surface area (Å²) in [5, 5.41) is 11.7. The number of ether oxygens (including phenoxy) is 1. The zero-order chi connectivity index (χ0) is 16.8. The normalized spacial score (nSPS) is 22.9. The van der Waals surface area contributed by atoms with E-state index < -0.39 is 23.5 Å². The fraction of sp³-hybridized carbons (Fsp3) is 0.765. The Bertz CT molecular complexity index is 400. The molecule has 0 aromatic rings. The molecule has 0 spiro atoms. The lowest BCUT2D eigenvalue weighted by Gasteiger charge is -2.28. The summed E-state index contributed by atoms with van der Waals surface area (Å²) >= 11 is 0. The molecule has 0 heterocycles. The highest BCUT2D eigenvalue weighted by Crippen LogP contribution is 2.32. The minimum absolute atomic E-state index is 0.0979. The van der Waals surface area contributed by atoms with Crippen LogP contribution >= 0.6 is 0 Å². The van der Waals surface area contributed by atoms with E-state index in [0.717, 1.165) is 38.5 Å². The number of amides is 1. The van der Waals surface area contributed by atoms with Crippen LogP contribution in [0.5, 0.6) is 0 Å². The summed E-state index contributed by atoms with van der Waals surface area (Å²) in [6.07, 6.45) is 7.20. The van der Waals surface area contributed by atoms with Crippen molar-refractivity contribution in [2.45, 2.75) is 71.4 Å². The number of carboxylic acids is 1. The van der Waals surface area contributed by atoms with Crippen molar-refractivity contribution in [1.82, 2.24) is 5.32 Å². The Morgan fingerprint density at radius 2 is 2.09 bits per heavy atom. The van der Waals surface area contributed by atoms with Crippen molar-refractivity contribution in [3.05, 3.63) is 12.7 Å². The van der Waals surface area contributed by atoms with E-state index >= 15 is 0 Å². The van der Waals surface area contributed by atoms with Crippen LogP contribution in [0.1, 0.15) is 59.3 Å². The monoisotopic (exact) mass is 311 g/mol. The lowest BCUT2D eigenvalue weighted by Crippen LogP contribution is -2.50. The van der Waals surface area contributed by atoms with Crippen molar-refractivity contribution in [2.75, 3.05) is 0 Å². The van der Waals surface area contributed by atoms with Gasteiger partial charge in [0.05, 0.1) is 0 Å². The third-order valence-electron chi connectivity index (χ3n) is 4.21. The predicted octanol–water partition coefficient (Wildman–Crippen LogP) is 3.74. The molecule has 0 aliphatic heterocycles. The number of hydrogen-bond donors (Lipinski definition) is 2. The highest BCUT2D eigenvalue weighted by Gasteiger charge is 2.35. The van der Waals surface area contributed by atoms with Crippen LogP contribution in [0.25, 0.3) is 0 Å². The molecule has 1 rings (SSSR count). The second-order valence-electron chi connectivity index (χ2n) is 7.14. The first-order valence-electron chi connectivity index (χ1n) is 8.06. The molecule has 3 atom stereocenters. The van der Waals surface area contributed by atoms with Crippen molar-refractivity contribution in [1.29, 1.82) is 0 Å². The van der Waals surface area contributed by atoms with Gasteiger partial charge in [0.1, 0.15) is 12.1 Å². The second-order valence-corrected chi connectivity index (χ2v) is 7.14. The summed E-state index contributed by atoms with van der Waals surface area (Å²) < 4.78 is 5.49. The van der Waals surface area contributed by atoms with Crippen molar-refractivity contribution < 1.29 is 19.4 Å². The lowest BCUT2D eigenvalue weighted by molar-refractivity contribution is -0.142. The van der Waals surface area contributed by atoms with E-state index in [1.165, 1.54) is 0 Å². The number of carbonyl (C=O) groups excluding carboxylic acids is 1. The summed E-state index contributed by atoms with van der Waals surface area (Å²) in [5.74, 6) is -0.665. The number of aliphatic carboxylic acids is 1. The fourth-order valence-electron chi connectivity index (χ4n) is 2.95. The van der Waals surface area contributed by atoms with Crippen molar-refractivity contribution in [3.8, 4) is 0 Å². The molecule has 0 aromatic carbocycles. The maximum atomic E-state index is 12.0. The highest BCUT2D eigenvalue weighted by molar-refractivity contribution is 5.80. The van der Waals surface area contributed by atoms with Crippen LogP contribution < -0.4 is 5.32 Å². The van der Waals surface area contributed by atoms with E-state index in [4.69, 9.17) is 4.74 Å². The first kappa shape index (κ1) is 18.5. The van der Waals surface area contributed by atoms with Crippen LogP contribution in [0.2, 0.25) is 0 Å². The molecule has 1 aliphatic carbocycles. The predicted molar refractivity (Wildman–Crippen MR) is 85.7 cm³/mol. The van der Waals surface area contributed by atoms with Gasteiger partial charge in [0.15, 0.2) is 0 Å². The Kier molecular flexibility index (Phi) is 6.91. The topological polar surface area (TPSA) is 75.6 Å². The Labute approximate surface area is 133 Å². The molecule has 2 N–H and O–H groups in total. The summed E-state index contributed by atoms with van der Waals surface area (Å²) in [6, 6.07) is -0.958. The van der Waals surface area contributed by atoms with Gasteiger partial charge in [-0.05, 0) is 49.9 Å². The van der Waals surface area contributed by atoms with Crippen LogP contribution in [-0.4, -0.2) is 29.3 Å². The number of rotatable bonds is 7. The zero-order valence-electron chi connectivity index (χ0n) is 13.9. The molecule has 1 fully saturated rings. The van der Waals surface area contributed by atoms with Gasteiger partial charge in [-0.3, -0.25) is 0 Å². The van der Waals surface area contributed by atoms with Crippen LogP contribution in [0.15, 0.2) is 12.7 Å². The molecular weight excluding hydrogens is 282 g/mol. The van der Waals surface area contributed by atoms with Gasteiger partial charge in [0.25, 0.3) is 0 Å². The summed E-state index contributed by atoms with van der Waals surface area (Å²) in [5.41, 5.74) is -0.566. The minimum Gasteiger partial charge on any atom is -0.480 e. The zero-order valence-corrected chi connectivity index (χ0v) is 13.9. The maximum absolute atomic E-state index is 12.0. The molecule has 1 amide bonds. The van der Waals surface area contributed by atoms with E-state index in [-0.39, 0.29) is 6.10 Å². The molecule has 0 unspecified atom stereocenters. The molecule has 0 radical (unpaired) electrons. The Balaban J connectivity index is 2.52. The van der Waals surface area contributed by atoms with Crippen LogP contribution in [-0.2, 0) is 9.53 Å². The lowest BCUT2D eigenvalue weighted by atomic mass is 9.87. The molecule has 0 bridgehead atoms. The second kappa shape index (κ2) is 8.20. The van der Waals surface area contributed by atoms with E-state index in [9.17, 15) is 14.7 Å². The van der Waals surface area contributed by atoms with E-state index in [2.05, 4.69) is 11.9 Å². The van der Waals surface area contributed by atoms with Crippen LogP contribution in [0.4, 0.5) is 4.79 Å². The summed E-state index contributed by atoms with van der Waals surface area (Å²) in [7, 11) is 0. The Hall–Kier alpha value is -1.52. The average molecular weight is 311 g/mol. The molecule has 22 heavy (non-hydrogen) atoms. The first-order valence-corrected chi connectivity index (χ1v) is 8.06. The Morgan fingerprint density at radius 1 is 1.41 bits per heavy atom. The number of unbranched alkanes of at least 4 members (excludes halogenated alkanes) is 1. The van der Waals surface area contributed by atoms with Gasteiger partial charge in [-0.1, -0.05) is 26.8 Å². The van der Waals surface area contributed by atoms with Gasteiger partial charge in [0.2, 0.25) is 0 Å². The number of carboxylic acid groups (broad SMARTS) is 1. The third kappa shape index (κ3) is 5.70. The summed E-state index contributed by atoms with van der Waals surface area (Å²) in [6.45, 7) is 9.05. The maximum Gasteiger partial charge on any atom is 0.408 e. The number of hydrogen-bond acceptors (Lipinski definition) is 3. The number of allylic oxidation sites excluding steroid dienone is 1. The molecule has 1 saturated carbocycles. The summed E-state index contributed by atoms with van der Waals surface area (Å²) in [4.78, 5) is 23.3. The number of nitrogens with one attached hydrogen (secondary N) is 1. The van der Waals surface area contributed by atoms with Gasteiger partial charge in [-0.15, -0.1) is 6.58 Å². The highest BCUT2D eigenvalue weighted by atomic mass is 16.6. The molecular formula is C17H29NO4. The average Bonchev–Trinajstić information content (AvgIpc) is 2.82. The fourth-order valence-corrected chi connectivity index (χ4v) is 2.95. The molecule has 126 valence electrons. The number of carbonyl (C=O) groups is 2. The van der Waals surface area contributed by atoms with Crippen molar-refractivity contribution >= 4 is 12.1 Å². The molecule has 5 heteroatoms. The van der Waals surface area contributed by atoms with Gasteiger partial charge in [0, 0.05) is 0 Å². The van der Waals surface area contributed by atoms with Gasteiger partial charge in [-0.2, -0.15) is 0 Å². The van der Waals surface area contributed by atoms with E-state index in [0.29, 0.717) is 5.92 Å². The van der Waals surface area contributed by atoms with Crippen molar-refractivity contribution in [2.24, 2.45) is 11.3 Å². The first-order chi connectivity index (χ1) is 10.3. The van der Waals surface area contributed by atoms with Gasteiger partial charge < -0.3 is 15.2 Å². The molecule has 0 saturated heterocycles. The largest absolute Gasteiger partial charge is 0.480 e. The Morgan fingerprint density at radius 3 is 2.64 bits per heavy atom. The molecule has 1 aliphatic rings. The molecule has 0 aromatic heterocycles. The van der Waals surface area contributed by atoms with Crippen molar-refractivity contribution in [3.63, 3.8) is 0 Å². The van der Waals surface area contributed by atoms with Crippen LogP contribution in [0, 0.1) is 11.3 Å². The SMILES string of the molecule is C=CCCC[C@@H]1CCC[C@H]1OC(=O)N[C@H](C(=O)O)C(C)(C)C. The third-order valence-corrected chi connectivity index (χ3v) is 4.21. The van der Waals surface area contributed by atoms with Gasteiger partial charge in [-0.25, -0.2) is 9.59 Å². The molecule has 5 nitrogen and oxygen atoms in total. The van der Waals surface area contributed by atoms with E-state index in [1.807, 2.05) is 6.08 Å². The quantitative estimate of drug-likeness (QED) is 0.555. The number of alkyl carbamates (subject to hydrolysis) is 1. The van der Waals surface area contributed by atoms with Crippen LogP contribution in [0.3, 0.4) is 0 Å².